The first kappa shape index (κ1) is 30.6. The van der Waals surface area contributed by atoms with E-state index in [1.807, 2.05) is 51.1 Å². The number of carbonyl (C=O) groups is 2. The van der Waals surface area contributed by atoms with Crippen LogP contribution in [0.5, 0.6) is 0 Å². The molecule has 0 aliphatic rings. The van der Waals surface area contributed by atoms with Crippen molar-refractivity contribution < 1.29 is 27.9 Å². The van der Waals surface area contributed by atoms with E-state index in [0.717, 1.165) is 5.56 Å². The molecule has 2 atom stereocenters. The van der Waals surface area contributed by atoms with Crippen LogP contribution in [-0.4, -0.2) is 61.7 Å². The summed E-state index contributed by atoms with van der Waals surface area (Å²) in [6.45, 7) is 7.01. The van der Waals surface area contributed by atoms with Crippen molar-refractivity contribution in [3.63, 3.8) is 0 Å². The van der Waals surface area contributed by atoms with Crippen molar-refractivity contribution in [1.82, 2.24) is 9.62 Å². The van der Waals surface area contributed by atoms with E-state index in [1.165, 1.54) is 29.4 Å². The van der Waals surface area contributed by atoms with Gasteiger partial charge in [-0.1, -0.05) is 62.7 Å². The van der Waals surface area contributed by atoms with Crippen LogP contribution < -0.4 is 10.6 Å². The summed E-state index contributed by atoms with van der Waals surface area (Å²) in [4.78, 5) is 23.6. The first-order valence-electron chi connectivity index (χ1n) is 12.2. The van der Waals surface area contributed by atoms with Gasteiger partial charge in [-0.3, -0.25) is 4.79 Å². The predicted octanol–water partition coefficient (Wildman–Crippen LogP) is 4.05. The average molecular weight is 554 g/mol. The van der Waals surface area contributed by atoms with Crippen LogP contribution in [0.4, 0.5) is 10.5 Å². The number of sulfonamides is 1. The Morgan fingerprint density at radius 2 is 1.78 bits per heavy atom. The second-order valence-corrected chi connectivity index (χ2v) is 11.5. The Kier molecular flexibility index (Phi) is 11.8. The average Bonchev–Trinajstić information content (AvgIpc) is 2.83. The topological polar surface area (TPSA) is 125 Å². The number of anilines is 1. The zero-order chi connectivity index (χ0) is 27.6. The molecular weight excluding hydrogens is 518 g/mol. The Morgan fingerprint density at radius 1 is 1.11 bits per heavy atom. The summed E-state index contributed by atoms with van der Waals surface area (Å²) in [5.41, 5.74) is 1.15. The van der Waals surface area contributed by atoms with E-state index < -0.39 is 28.3 Å². The van der Waals surface area contributed by atoms with Gasteiger partial charge in [0.2, 0.25) is 15.9 Å². The van der Waals surface area contributed by atoms with Crippen LogP contribution >= 0.6 is 11.6 Å². The van der Waals surface area contributed by atoms with Crippen LogP contribution in [0.2, 0.25) is 5.02 Å². The van der Waals surface area contributed by atoms with Gasteiger partial charge in [-0.05, 0) is 42.5 Å². The monoisotopic (exact) mass is 553 g/mol. The maximum atomic E-state index is 13.6. The van der Waals surface area contributed by atoms with Crippen LogP contribution in [0.3, 0.4) is 0 Å². The van der Waals surface area contributed by atoms with Gasteiger partial charge in [-0.25, -0.2) is 13.2 Å². The number of aliphatic hydroxyl groups excluding tert-OH is 1. The number of ether oxygens (including phenoxy) is 1. The standard InChI is InChI=1S/C26H36ClN3O6S/c1-5-13-36-26(33)29-24(14-20-9-7-6-8-10-20)25(32)17-30(16-18(2)3)37(34,35)21-11-12-23(22(27)15-21)28-19(4)31/h6-12,15,18,24-25,32H,5,13-14,16-17H2,1-4H3,(H,28,31)(H,29,33)/t24-,25+/m0/s1. The molecule has 37 heavy (non-hydrogen) atoms. The molecule has 0 saturated heterocycles. The molecule has 3 N–H and O–H groups in total. The summed E-state index contributed by atoms with van der Waals surface area (Å²) in [5.74, 6) is -0.386. The third kappa shape index (κ3) is 9.62. The lowest BCUT2D eigenvalue weighted by Gasteiger charge is -2.30. The number of hydrogen-bond acceptors (Lipinski definition) is 6. The van der Waals surface area contributed by atoms with Gasteiger partial charge in [-0.15, -0.1) is 0 Å². The first-order chi connectivity index (χ1) is 17.4. The predicted molar refractivity (Wildman–Crippen MR) is 144 cm³/mol. The highest BCUT2D eigenvalue weighted by Crippen LogP contribution is 2.27. The Balaban J connectivity index is 2.33. The summed E-state index contributed by atoms with van der Waals surface area (Å²) in [7, 11) is -4.08. The van der Waals surface area contributed by atoms with Crippen LogP contribution in [0.1, 0.15) is 39.7 Å². The second kappa shape index (κ2) is 14.3. The Morgan fingerprint density at radius 3 is 2.35 bits per heavy atom. The molecule has 0 fully saturated rings. The van der Waals surface area contributed by atoms with Gasteiger partial charge in [0.05, 0.1) is 34.4 Å². The Labute approximate surface area is 224 Å². The number of hydrogen-bond donors (Lipinski definition) is 3. The van der Waals surface area contributed by atoms with Crippen molar-refractivity contribution >= 4 is 39.3 Å². The molecule has 11 heteroatoms. The number of rotatable bonds is 13. The van der Waals surface area contributed by atoms with Gasteiger partial charge in [0.1, 0.15) is 0 Å². The smallest absolute Gasteiger partial charge is 0.407 e. The molecule has 2 aromatic rings. The van der Waals surface area contributed by atoms with E-state index >= 15 is 0 Å². The molecule has 0 spiro atoms. The summed E-state index contributed by atoms with van der Waals surface area (Å²) in [6, 6.07) is 12.5. The third-order valence-corrected chi connectivity index (χ3v) is 7.49. The van der Waals surface area contributed by atoms with E-state index in [9.17, 15) is 23.1 Å². The van der Waals surface area contributed by atoms with Crippen molar-refractivity contribution in [1.29, 1.82) is 0 Å². The van der Waals surface area contributed by atoms with Crippen LogP contribution in [0.15, 0.2) is 53.4 Å². The minimum absolute atomic E-state index is 0.0499. The molecule has 2 amide bonds. The molecule has 0 aliphatic heterocycles. The molecule has 2 rings (SSSR count). The number of amides is 2. The quantitative estimate of drug-likeness (QED) is 0.343. The minimum atomic E-state index is -4.08. The Hall–Kier alpha value is -2.66. The van der Waals surface area contributed by atoms with Gasteiger partial charge in [-0.2, -0.15) is 4.31 Å². The molecule has 9 nitrogen and oxygen atoms in total. The highest BCUT2D eigenvalue weighted by Gasteiger charge is 2.32. The fourth-order valence-corrected chi connectivity index (χ4v) is 5.59. The first-order valence-corrected chi connectivity index (χ1v) is 14.0. The van der Waals surface area contributed by atoms with Crippen LogP contribution in [-0.2, 0) is 26.0 Å². The Bertz CT molecular complexity index is 1140. The number of alkyl carbamates (subject to hydrolysis) is 1. The lowest BCUT2D eigenvalue weighted by Crippen LogP contribution is -2.51. The van der Waals surface area contributed by atoms with E-state index in [-0.39, 0.29) is 47.9 Å². The molecule has 0 aromatic heterocycles. The van der Waals surface area contributed by atoms with Gasteiger partial charge in [0, 0.05) is 20.0 Å². The number of carbonyl (C=O) groups excluding carboxylic acids is 2. The van der Waals surface area contributed by atoms with Gasteiger partial charge >= 0.3 is 6.09 Å². The second-order valence-electron chi connectivity index (χ2n) is 9.18. The number of nitrogens with one attached hydrogen (secondary N) is 2. The SMILES string of the molecule is CCCOC(=O)N[C@@H](Cc1ccccc1)[C@H](O)CN(CC(C)C)S(=O)(=O)c1ccc(NC(C)=O)c(Cl)c1. The molecule has 0 bridgehead atoms. The maximum absolute atomic E-state index is 13.6. The van der Waals surface area contributed by atoms with Crippen molar-refractivity contribution in [2.45, 2.75) is 57.6 Å². The molecule has 0 aliphatic carbocycles. The molecule has 0 heterocycles. The number of nitrogens with zero attached hydrogens (tertiary/aromatic N) is 1. The third-order valence-electron chi connectivity index (χ3n) is 5.35. The minimum Gasteiger partial charge on any atom is -0.450 e. The maximum Gasteiger partial charge on any atom is 0.407 e. The molecule has 0 unspecified atom stereocenters. The fraction of sp³-hybridized carbons (Fsp3) is 0.462. The summed E-state index contributed by atoms with van der Waals surface area (Å²) in [6.07, 6.45) is -1.00. The summed E-state index contributed by atoms with van der Waals surface area (Å²) < 4.78 is 33.5. The summed E-state index contributed by atoms with van der Waals surface area (Å²) in [5, 5.41) is 16.5. The van der Waals surface area contributed by atoms with Crippen LogP contribution in [0.25, 0.3) is 0 Å². The van der Waals surface area contributed by atoms with E-state index in [2.05, 4.69) is 10.6 Å². The van der Waals surface area contributed by atoms with E-state index in [1.54, 1.807) is 0 Å². The van der Waals surface area contributed by atoms with Crippen molar-refractivity contribution in [3.05, 3.63) is 59.1 Å². The van der Waals surface area contributed by atoms with Crippen molar-refractivity contribution in [2.75, 3.05) is 25.0 Å². The van der Waals surface area contributed by atoms with Gasteiger partial charge < -0.3 is 20.5 Å². The number of benzene rings is 2. The molecular formula is C26H36ClN3O6S. The molecule has 2 aromatic carbocycles. The lowest BCUT2D eigenvalue weighted by atomic mass is 10.0. The highest BCUT2D eigenvalue weighted by molar-refractivity contribution is 7.89. The van der Waals surface area contributed by atoms with E-state index in [4.69, 9.17) is 16.3 Å². The van der Waals surface area contributed by atoms with Gasteiger partial charge in [0.25, 0.3) is 0 Å². The molecule has 204 valence electrons. The normalized spacial score (nSPS) is 13.3. The van der Waals surface area contributed by atoms with Crippen molar-refractivity contribution in [2.24, 2.45) is 5.92 Å². The summed E-state index contributed by atoms with van der Waals surface area (Å²) >= 11 is 6.23. The lowest BCUT2D eigenvalue weighted by molar-refractivity contribution is -0.114. The fourth-order valence-electron chi connectivity index (χ4n) is 3.65. The zero-order valence-corrected chi connectivity index (χ0v) is 23.2. The van der Waals surface area contributed by atoms with E-state index in [0.29, 0.717) is 12.1 Å². The molecule has 0 saturated carbocycles. The van der Waals surface area contributed by atoms with Gasteiger partial charge in [0.15, 0.2) is 0 Å². The van der Waals surface area contributed by atoms with Crippen LogP contribution in [0, 0.1) is 5.92 Å². The molecule has 0 radical (unpaired) electrons. The number of halogens is 1. The number of aliphatic hydroxyl groups is 1. The largest absolute Gasteiger partial charge is 0.450 e. The zero-order valence-electron chi connectivity index (χ0n) is 21.6. The highest BCUT2D eigenvalue weighted by atomic mass is 35.5. The van der Waals surface area contributed by atoms with Crippen molar-refractivity contribution in [3.8, 4) is 0 Å².